The summed E-state index contributed by atoms with van der Waals surface area (Å²) in [5.41, 5.74) is 0.799. The Balaban J connectivity index is 2.36. The molecule has 0 bridgehead atoms. The first-order valence-corrected chi connectivity index (χ1v) is 7.26. The number of halogens is 2. The molecule has 1 unspecified atom stereocenters. The average molecular weight is 342 g/mol. The predicted octanol–water partition coefficient (Wildman–Crippen LogP) is 4.28. The molecule has 0 fully saturated rings. The molecule has 0 aliphatic carbocycles. The van der Waals surface area contributed by atoms with Gasteiger partial charge in [-0.25, -0.2) is 4.39 Å². The van der Waals surface area contributed by atoms with Crippen LogP contribution in [0, 0.1) is 5.82 Å². The van der Waals surface area contributed by atoms with Crippen molar-refractivity contribution in [1.29, 1.82) is 0 Å². The second kappa shape index (κ2) is 6.90. The van der Waals surface area contributed by atoms with Crippen molar-refractivity contribution >= 4 is 15.9 Å². The van der Waals surface area contributed by atoms with E-state index in [1.807, 2.05) is 12.1 Å². The van der Waals surface area contributed by atoms with Crippen LogP contribution in [0.2, 0.25) is 0 Å². The van der Waals surface area contributed by atoms with Gasteiger partial charge in [0.15, 0.2) is 11.6 Å². The fourth-order valence-electron chi connectivity index (χ4n) is 2.02. The van der Waals surface area contributed by atoms with E-state index in [1.54, 1.807) is 12.3 Å². The number of nitrogens with one attached hydrogen (secondary N) is 1. The minimum atomic E-state index is -0.379. The maximum Gasteiger partial charge on any atom is 0.165 e. The molecule has 0 saturated carbocycles. The third kappa shape index (κ3) is 3.22. The average Bonchev–Trinajstić information content (AvgIpc) is 2.86. The third-order valence-electron chi connectivity index (χ3n) is 3.01. The fourth-order valence-corrected chi connectivity index (χ4v) is 2.45. The summed E-state index contributed by atoms with van der Waals surface area (Å²) in [5, 5.41) is 3.36. The Morgan fingerprint density at radius 1 is 1.40 bits per heavy atom. The zero-order valence-electron chi connectivity index (χ0n) is 11.5. The first kappa shape index (κ1) is 15.1. The Bertz CT molecular complexity index is 571. The van der Waals surface area contributed by atoms with Gasteiger partial charge in [0.25, 0.3) is 0 Å². The van der Waals surface area contributed by atoms with Gasteiger partial charge in [-0.15, -0.1) is 0 Å². The molecule has 108 valence electrons. The first-order valence-electron chi connectivity index (χ1n) is 6.47. The molecule has 2 rings (SSSR count). The van der Waals surface area contributed by atoms with E-state index in [4.69, 9.17) is 9.15 Å². The van der Waals surface area contributed by atoms with Crippen LogP contribution in [-0.4, -0.2) is 13.7 Å². The molecule has 1 aromatic carbocycles. The molecule has 0 amide bonds. The van der Waals surface area contributed by atoms with Crippen molar-refractivity contribution in [1.82, 2.24) is 5.32 Å². The van der Waals surface area contributed by atoms with Gasteiger partial charge in [-0.2, -0.15) is 0 Å². The lowest BCUT2D eigenvalue weighted by Crippen LogP contribution is -2.23. The summed E-state index contributed by atoms with van der Waals surface area (Å²) in [4.78, 5) is 0. The topological polar surface area (TPSA) is 34.4 Å². The van der Waals surface area contributed by atoms with Crippen LogP contribution in [0.5, 0.6) is 5.75 Å². The second-order valence-corrected chi connectivity index (χ2v) is 5.27. The van der Waals surface area contributed by atoms with Crippen LogP contribution < -0.4 is 10.1 Å². The van der Waals surface area contributed by atoms with Gasteiger partial charge in [-0.05, 0) is 52.7 Å². The smallest absolute Gasteiger partial charge is 0.165 e. The van der Waals surface area contributed by atoms with E-state index in [2.05, 4.69) is 28.2 Å². The Labute approximate surface area is 126 Å². The van der Waals surface area contributed by atoms with E-state index >= 15 is 0 Å². The lowest BCUT2D eigenvalue weighted by molar-refractivity contribution is 0.384. The van der Waals surface area contributed by atoms with E-state index in [0.717, 1.165) is 28.8 Å². The Kier molecular flexibility index (Phi) is 5.20. The van der Waals surface area contributed by atoms with Crippen molar-refractivity contribution in [2.75, 3.05) is 13.7 Å². The number of methoxy groups -OCH3 is 1. The van der Waals surface area contributed by atoms with Crippen molar-refractivity contribution in [3.05, 3.63) is 52.1 Å². The predicted molar refractivity (Wildman–Crippen MR) is 79.5 cm³/mol. The van der Waals surface area contributed by atoms with Gasteiger partial charge in [0.2, 0.25) is 0 Å². The molecule has 0 aliphatic rings. The standard InChI is InChI=1S/C15H17BrFNO2/c1-3-7-18-14(15-11(16)6-8-20-15)10-4-5-13(19-2)12(17)9-10/h4-6,8-9,14,18H,3,7H2,1-2H3. The summed E-state index contributed by atoms with van der Waals surface area (Å²) < 4.78 is 25.2. The number of furan rings is 1. The van der Waals surface area contributed by atoms with Gasteiger partial charge >= 0.3 is 0 Å². The quantitative estimate of drug-likeness (QED) is 0.851. The first-order chi connectivity index (χ1) is 9.67. The van der Waals surface area contributed by atoms with Crippen LogP contribution in [0.3, 0.4) is 0 Å². The number of hydrogen-bond acceptors (Lipinski definition) is 3. The summed E-state index contributed by atoms with van der Waals surface area (Å²) >= 11 is 3.45. The van der Waals surface area contributed by atoms with Crippen LogP contribution >= 0.6 is 15.9 Å². The highest BCUT2D eigenvalue weighted by Gasteiger charge is 2.20. The number of ether oxygens (including phenoxy) is 1. The highest BCUT2D eigenvalue weighted by atomic mass is 79.9. The van der Waals surface area contributed by atoms with E-state index in [0.29, 0.717) is 0 Å². The minimum absolute atomic E-state index is 0.195. The normalized spacial score (nSPS) is 12.4. The van der Waals surface area contributed by atoms with Gasteiger partial charge in [0, 0.05) is 0 Å². The van der Waals surface area contributed by atoms with Crippen molar-refractivity contribution in [3.63, 3.8) is 0 Å². The monoisotopic (exact) mass is 341 g/mol. The molecular weight excluding hydrogens is 325 g/mol. The molecule has 0 radical (unpaired) electrons. The second-order valence-electron chi connectivity index (χ2n) is 4.41. The number of hydrogen-bond donors (Lipinski definition) is 1. The SMILES string of the molecule is CCCNC(c1ccc(OC)c(F)c1)c1occc1Br. The summed E-state index contributed by atoms with van der Waals surface area (Å²) in [6.45, 7) is 2.89. The highest BCUT2D eigenvalue weighted by Crippen LogP contribution is 2.31. The third-order valence-corrected chi connectivity index (χ3v) is 3.67. The minimum Gasteiger partial charge on any atom is -0.494 e. The molecular formula is C15H17BrFNO2. The maximum absolute atomic E-state index is 13.9. The summed E-state index contributed by atoms with van der Waals surface area (Å²) in [7, 11) is 1.45. The van der Waals surface area contributed by atoms with Crippen LogP contribution in [0.4, 0.5) is 4.39 Å². The van der Waals surface area contributed by atoms with Crippen LogP contribution in [0.25, 0.3) is 0 Å². The molecule has 3 nitrogen and oxygen atoms in total. The van der Waals surface area contributed by atoms with E-state index in [9.17, 15) is 4.39 Å². The fraction of sp³-hybridized carbons (Fsp3) is 0.333. The van der Waals surface area contributed by atoms with Crippen LogP contribution in [-0.2, 0) is 0 Å². The molecule has 1 N–H and O–H groups in total. The molecule has 20 heavy (non-hydrogen) atoms. The van der Waals surface area contributed by atoms with E-state index in [-0.39, 0.29) is 17.6 Å². The lowest BCUT2D eigenvalue weighted by Gasteiger charge is -2.18. The Morgan fingerprint density at radius 3 is 2.75 bits per heavy atom. The van der Waals surface area contributed by atoms with Crippen LogP contribution in [0.15, 0.2) is 39.4 Å². The van der Waals surface area contributed by atoms with Crippen molar-refractivity contribution < 1.29 is 13.5 Å². The van der Waals surface area contributed by atoms with Crippen molar-refractivity contribution in [3.8, 4) is 5.75 Å². The zero-order chi connectivity index (χ0) is 14.5. The van der Waals surface area contributed by atoms with Gasteiger partial charge in [-0.1, -0.05) is 13.0 Å². The molecule has 0 aliphatic heterocycles. The number of benzene rings is 1. The molecule has 2 aromatic rings. The summed E-state index contributed by atoms with van der Waals surface area (Å²) in [6, 6.07) is 6.57. The van der Waals surface area contributed by atoms with E-state index in [1.165, 1.54) is 13.2 Å². The molecule has 1 aromatic heterocycles. The molecule has 1 atom stereocenters. The van der Waals surface area contributed by atoms with Gasteiger partial charge in [-0.3, -0.25) is 0 Å². The van der Waals surface area contributed by atoms with E-state index < -0.39 is 0 Å². The van der Waals surface area contributed by atoms with Gasteiger partial charge in [0.1, 0.15) is 5.76 Å². The van der Waals surface area contributed by atoms with Crippen molar-refractivity contribution in [2.45, 2.75) is 19.4 Å². The summed E-state index contributed by atoms with van der Waals surface area (Å²) in [6.07, 6.45) is 2.59. The maximum atomic E-state index is 13.9. The Hall–Kier alpha value is -1.33. The van der Waals surface area contributed by atoms with Crippen LogP contribution in [0.1, 0.15) is 30.7 Å². The van der Waals surface area contributed by atoms with Gasteiger partial charge < -0.3 is 14.5 Å². The molecule has 0 spiro atoms. The Morgan fingerprint density at radius 2 is 2.20 bits per heavy atom. The number of rotatable bonds is 6. The largest absolute Gasteiger partial charge is 0.494 e. The molecule has 5 heteroatoms. The zero-order valence-corrected chi connectivity index (χ0v) is 13.0. The summed E-state index contributed by atoms with van der Waals surface area (Å²) in [5.74, 6) is 0.598. The highest BCUT2D eigenvalue weighted by molar-refractivity contribution is 9.10. The van der Waals surface area contributed by atoms with Crippen molar-refractivity contribution in [2.24, 2.45) is 0 Å². The molecule has 0 saturated heterocycles. The lowest BCUT2D eigenvalue weighted by atomic mass is 10.0. The van der Waals surface area contributed by atoms with Gasteiger partial charge in [0.05, 0.1) is 23.9 Å². The molecule has 1 heterocycles.